The first-order chi connectivity index (χ1) is 13.2. The van der Waals surface area contributed by atoms with Crippen LogP contribution < -0.4 is 14.8 Å². The van der Waals surface area contributed by atoms with E-state index >= 15 is 0 Å². The largest absolute Gasteiger partial charge is 0.497 e. The molecule has 0 aliphatic heterocycles. The van der Waals surface area contributed by atoms with Gasteiger partial charge in [-0.05, 0) is 40.8 Å². The lowest BCUT2D eigenvalue weighted by atomic mass is 10.1. The van der Waals surface area contributed by atoms with E-state index in [4.69, 9.17) is 9.47 Å². The Balaban J connectivity index is 1.78. The van der Waals surface area contributed by atoms with Crippen molar-refractivity contribution in [1.29, 1.82) is 0 Å². The molecule has 3 aromatic rings. The number of benzene rings is 2. The fourth-order valence-corrected chi connectivity index (χ4v) is 3.51. The Morgan fingerprint density at radius 1 is 1.00 bits per heavy atom. The van der Waals surface area contributed by atoms with Gasteiger partial charge in [-0.25, -0.2) is 0 Å². The summed E-state index contributed by atoms with van der Waals surface area (Å²) in [4.78, 5) is 13.6. The molecule has 0 saturated carbocycles. The normalized spacial score (nSPS) is 11.9. The molecule has 138 valence electrons. The number of nitrogens with one attached hydrogen (secondary N) is 1. The summed E-state index contributed by atoms with van der Waals surface area (Å²) < 4.78 is 10.5. The van der Waals surface area contributed by atoms with Gasteiger partial charge in [0.25, 0.3) is 0 Å². The highest BCUT2D eigenvalue weighted by atomic mass is 32.1. The molecule has 0 saturated heterocycles. The van der Waals surface area contributed by atoms with Crippen LogP contribution in [0.25, 0.3) is 6.08 Å². The fourth-order valence-electron chi connectivity index (χ4n) is 2.71. The van der Waals surface area contributed by atoms with Crippen LogP contribution in [0.15, 0.2) is 72.1 Å². The monoisotopic (exact) mass is 379 g/mol. The highest BCUT2D eigenvalue weighted by molar-refractivity contribution is 7.10. The van der Waals surface area contributed by atoms with Crippen molar-refractivity contribution in [2.75, 3.05) is 14.2 Å². The van der Waals surface area contributed by atoms with Crippen molar-refractivity contribution >= 4 is 23.3 Å². The molecule has 1 amide bonds. The van der Waals surface area contributed by atoms with Crippen LogP contribution in [0.4, 0.5) is 0 Å². The zero-order valence-electron chi connectivity index (χ0n) is 15.2. The first kappa shape index (κ1) is 18.7. The third-order valence-corrected chi connectivity index (χ3v) is 4.99. The molecule has 5 heteroatoms. The molecule has 27 heavy (non-hydrogen) atoms. The number of methoxy groups -OCH3 is 2. The topological polar surface area (TPSA) is 47.6 Å². The number of rotatable bonds is 7. The zero-order valence-corrected chi connectivity index (χ0v) is 16.0. The molecule has 3 rings (SSSR count). The number of carbonyl (C=O) groups excluding carboxylic acids is 1. The molecule has 4 nitrogen and oxygen atoms in total. The third-order valence-electron chi connectivity index (χ3n) is 4.05. The summed E-state index contributed by atoms with van der Waals surface area (Å²) in [6, 6.07) is 19.3. The predicted molar refractivity (Wildman–Crippen MR) is 109 cm³/mol. The number of hydrogen-bond donors (Lipinski definition) is 1. The maximum Gasteiger partial charge on any atom is 0.244 e. The van der Waals surface area contributed by atoms with E-state index in [-0.39, 0.29) is 11.9 Å². The molecule has 1 atom stereocenters. The van der Waals surface area contributed by atoms with E-state index in [1.165, 1.54) is 6.08 Å². The fraction of sp³-hybridized carbons (Fsp3) is 0.136. The van der Waals surface area contributed by atoms with Crippen molar-refractivity contribution in [3.8, 4) is 11.5 Å². The summed E-state index contributed by atoms with van der Waals surface area (Å²) in [6.07, 6.45) is 3.27. The standard InChI is InChI=1S/C22H21NO3S/c1-25-18-13-16(14-19(15-18)26-2)10-11-21(24)23-22(20-9-6-12-27-20)17-7-4-3-5-8-17/h3-15,22H,1-2H3,(H,23,24)/b11-10+. The first-order valence-electron chi connectivity index (χ1n) is 8.49. The van der Waals surface area contributed by atoms with Gasteiger partial charge in [-0.2, -0.15) is 0 Å². The highest BCUT2D eigenvalue weighted by Gasteiger charge is 2.16. The molecule has 2 aromatic carbocycles. The van der Waals surface area contributed by atoms with Crippen LogP contribution >= 0.6 is 11.3 Å². The molecule has 0 aliphatic rings. The number of carbonyl (C=O) groups is 1. The minimum absolute atomic E-state index is 0.168. The van der Waals surface area contributed by atoms with E-state index in [2.05, 4.69) is 5.32 Å². The van der Waals surface area contributed by atoms with Crippen LogP contribution in [0.1, 0.15) is 22.0 Å². The number of amides is 1. The van der Waals surface area contributed by atoms with Crippen LogP contribution in [-0.2, 0) is 4.79 Å². The molecule has 1 heterocycles. The average molecular weight is 379 g/mol. The molecule has 0 fully saturated rings. The second kappa shape index (κ2) is 9.05. The third kappa shape index (κ3) is 4.99. The zero-order chi connectivity index (χ0) is 19.1. The molecule has 1 N–H and O–H groups in total. The second-order valence-electron chi connectivity index (χ2n) is 5.85. The summed E-state index contributed by atoms with van der Waals surface area (Å²) in [7, 11) is 3.20. The maximum absolute atomic E-state index is 12.5. The van der Waals surface area contributed by atoms with E-state index in [0.717, 1.165) is 16.0 Å². The van der Waals surface area contributed by atoms with Crippen molar-refractivity contribution in [2.24, 2.45) is 0 Å². The number of thiophene rings is 1. The average Bonchev–Trinajstić information content (AvgIpc) is 3.25. The maximum atomic E-state index is 12.5. The van der Waals surface area contributed by atoms with Crippen LogP contribution in [0.2, 0.25) is 0 Å². The van der Waals surface area contributed by atoms with Crippen molar-refractivity contribution < 1.29 is 14.3 Å². The molecule has 1 aromatic heterocycles. The molecule has 1 unspecified atom stereocenters. The smallest absolute Gasteiger partial charge is 0.244 e. The van der Waals surface area contributed by atoms with E-state index in [9.17, 15) is 4.79 Å². The first-order valence-corrected chi connectivity index (χ1v) is 9.37. The van der Waals surface area contributed by atoms with Gasteiger partial charge in [0.2, 0.25) is 5.91 Å². The Kier molecular flexibility index (Phi) is 6.28. The summed E-state index contributed by atoms with van der Waals surface area (Å²) in [5, 5.41) is 5.10. The molecule has 0 spiro atoms. The van der Waals surface area contributed by atoms with Crippen LogP contribution in [0, 0.1) is 0 Å². The molecular weight excluding hydrogens is 358 g/mol. The van der Waals surface area contributed by atoms with Gasteiger partial charge in [0.1, 0.15) is 11.5 Å². The van der Waals surface area contributed by atoms with E-state index in [1.54, 1.807) is 37.7 Å². The van der Waals surface area contributed by atoms with E-state index < -0.39 is 0 Å². The van der Waals surface area contributed by atoms with Crippen LogP contribution in [0.3, 0.4) is 0 Å². The van der Waals surface area contributed by atoms with Gasteiger partial charge in [-0.3, -0.25) is 4.79 Å². The SMILES string of the molecule is COc1cc(/C=C/C(=O)NC(c2ccccc2)c2cccs2)cc(OC)c1. The van der Waals surface area contributed by atoms with Crippen molar-refractivity contribution in [3.05, 3.63) is 88.1 Å². The van der Waals surface area contributed by atoms with Gasteiger partial charge in [0.05, 0.1) is 20.3 Å². The number of ether oxygens (including phenoxy) is 2. The van der Waals surface area contributed by atoms with Crippen LogP contribution in [0.5, 0.6) is 11.5 Å². The second-order valence-corrected chi connectivity index (χ2v) is 6.83. The highest BCUT2D eigenvalue weighted by Crippen LogP contribution is 2.26. The number of hydrogen-bond acceptors (Lipinski definition) is 4. The molecule has 0 bridgehead atoms. The summed E-state index contributed by atoms with van der Waals surface area (Å²) in [6.45, 7) is 0. The Hall–Kier alpha value is -3.05. The lowest BCUT2D eigenvalue weighted by Crippen LogP contribution is -2.27. The van der Waals surface area contributed by atoms with Crippen molar-refractivity contribution in [2.45, 2.75) is 6.04 Å². The van der Waals surface area contributed by atoms with Crippen LogP contribution in [-0.4, -0.2) is 20.1 Å². The van der Waals surface area contributed by atoms with E-state index in [0.29, 0.717) is 11.5 Å². The Morgan fingerprint density at radius 2 is 1.70 bits per heavy atom. The minimum Gasteiger partial charge on any atom is -0.497 e. The van der Waals surface area contributed by atoms with Gasteiger partial charge < -0.3 is 14.8 Å². The quantitative estimate of drug-likeness (QED) is 0.606. The summed E-state index contributed by atoms with van der Waals surface area (Å²) in [5.74, 6) is 1.18. The van der Waals surface area contributed by atoms with E-state index in [1.807, 2.05) is 60.0 Å². The van der Waals surface area contributed by atoms with Gasteiger partial charge in [0.15, 0.2) is 0 Å². The minimum atomic E-state index is -0.178. The molecule has 0 aliphatic carbocycles. The van der Waals surface area contributed by atoms with Crippen molar-refractivity contribution in [1.82, 2.24) is 5.32 Å². The van der Waals surface area contributed by atoms with Crippen molar-refractivity contribution in [3.63, 3.8) is 0 Å². The summed E-state index contributed by atoms with van der Waals surface area (Å²) >= 11 is 1.62. The summed E-state index contributed by atoms with van der Waals surface area (Å²) in [5.41, 5.74) is 1.87. The molecule has 0 radical (unpaired) electrons. The Morgan fingerprint density at radius 3 is 2.30 bits per heavy atom. The Bertz CT molecular complexity index is 882. The van der Waals surface area contributed by atoms with Gasteiger partial charge >= 0.3 is 0 Å². The van der Waals surface area contributed by atoms with Gasteiger partial charge in [-0.15, -0.1) is 11.3 Å². The molecular formula is C22H21NO3S. The lowest BCUT2D eigenvalue weighted by Gasteiger charge is -2.17. The lowest BCUT2D eigenvalue weighted by molar-refractivity contribution is -0.116. The van der Waals surface area contributed by atoms with Gasteiger partial charge in [-0.1, -0.05) is 36.4 Å². The Labute approximate surface area is 163 Å². The van der Waals surface area contributed by atoms with Gasteiger partial charge in [0, 0.05) is 17.0 Å². The predicted octanol–water partition coefficient (Wildman–Crippen LogP) is 4.68.